The summed E-state index contributed by atoms with van der Waals surface area (Å²) in [6.45, 7) is 2.74. The molecule has 1 N–H and O–H groups in total. The Kier molecular flexibility index (Phi) is 2.80. The second-order valence-electron chi connectivity index (χ2n) is 3.35. The number of hydrogen-bond acceptors (Lipinski definition) is 2. The lowest BCUT2D eigenvalue weighted by atomic mass is 9.86. The van der Waals surface area contributed by atoms with E-state index in [9.17, 15) is 14.0 Å². The van der Waals surface area contributed by atoms with Crippen LogP contribution in [0.1, 0.15) is 19.3 Å². The maximum Gasteiger partial charge on any atom is 0.227 e. The van der Waals surface area contributed by atoms with Crippen molar-refractivity contribution in [2.75, 3.05) is 6.67 Å². The van der Waals surface area contributed by atoms with Crippen molar-refractivity contribution < 1.29 is 14.0 Å². The third kappa shape index (κ3) is 2.14. The Hall–Kier alpha value is -1.19. The molecule has 1 saturated heterocycles. The molecule has 0 aromatic heterocycles. The Morgan fingerprint density at radius 1 is 1.62 bits per heavy atom. The summed E-state index contributed by atoms with van der Waals surface area (Å²) < 4.78 is 12.7. The number of nitrogens with one attached hydrogen (secondary N) is 1. The molecule has 1 fully saturated rings. The number of carbonyl (C=O) groups excluding carboxylic acids is 2. The van der Waals surface area contributed by atoms with Crippen molar-refractivity contribution in [3.05, 3.63) is 12.7 Å². The number of hydrogen-bond donors (Lipinski definition) is 1. The lowest BCUT2D eigenvalue weighted by Crippen LogP contribution is -2.55. The molecule has 1 heterocycles. The summed E-state index contributed by atoms with van der Waals surface area (Å²) in [5.41, 5.74) is -1.02. The zero-order valence-corrected chi connectivity index (χ0v) is 7.31. The van der Waals surface area contributed by atoms with Crippen LogP contribution >= 0.6 is 0 Å². The highest BCUT2D eigenvalue weighted by molar-refractivity contribution is 6.01. The fraction of sp³-hybridized carbons (Fsp3) is 0.556. The van der Waals surface area contributed by atoms with Gasteiger partial charge in [0.2, 0.25) is 5.91 Å². The van der Waals surface area contributed by atoms with Crippen molar-refractivity contribution in [2.24, 2.45) is 0 Å². The number of ketones is 1. The molecule has 3 nitrogen and oxygen atoms in total. The van der Waals surface area contributed by atoms with Crippen molar-refractivity contribution in [2.45, 2.75) is 24.8 Å². The molecule has 1 atom stereocenters. The van der Waals surface area contributed by atoms with Gasteiger partial charge in [0.25, 0.3) is 0 Å². The summed E-state index contributed by atoms with van der Waals surface area (Å²) in [6, 6.07) is 0. The molecule has 0 bridgehead atoms. The molecular weight excluding hydrogens is 173 g/mol. The van der Waals surface area contributed by atoms with E-state index in [1.807, 2.05) is 0 Å². The van der Waals surface area contributed by atoms with E-state index in [0.717, 1.165) is 0 Å². The Morgan fingerprint density at radius 3 is 2.77 bits per heavy atom. The molecule has 0 aromatic carbocycles. The van der Waals surface area contributed by atoms with Gasteiger partial charge >= 0.3 is 0 Å². The highest BCUT2D eigenvalue weighted by Crippen LogP contribution is 2.22. The van der Waals surface area contributed by atoms with Crippen LogP contribution in [0.25, 0.3) is 0 Å². The van der Waals surface area contributed by atoms with Crippen LogP contribution in [0.2, 0.25) is 0 Å². The third-order valence-electron chi connectivity index (χ3n) is 2.09. The third-order valence-corrected chi connectivity index (χ3v) is 2.09. The summed E-state index contributed by atoms with van der Waals surface area (Å²) in [7, 11) is 0. The van der Waals surface area contributed by atoms with Gasteiger partial charge in [-0.3, -0.25) is 9.59 Å². The summed E-state index contributed by atoms with van der Waals surface area (Å²) in [4.78, 5) is 22.1. The second kappa shape index (κ2) is 3.68. The number of Topliss-reactive ketones (excluding diaryl/α,β-unsaturated/α-hetero) is 1. The number of carbonyl (C=O) groups is 2. The largest absolute Gasteiger partial charge is 0.347 e. The van der Waals surface area contributed by atoms with Gasteiger partial charge in [-0.05, 0) is 6.42 Å². The standard InChI is InChI=1S/C9H12FNO2/c1-2-3-9(6-10)5-7(12)4-8(13)11-9/h2H,1,3-6H2,(H,11,13)/t9-/m1/s1. The van der Waals surface area contributed by atoms with Crippen molar-refractivity contribution in [3.8, 4) is 0 Å². The lowest BCUT2D eigenvalue weighted by molar-refractivity contribution is -0.134. The summed E-state index contributed by atoms with van der Waals surface area (Å²) in [5, 5.41) is 2.50. The molecule has 1 rings (SSSR count). The van der Waals surface area contributed by atoms with Gasteiger partial charge in [-0.25, -0.2) is 4.39 Å². The number of amides is 1. The van der Waals surface area contributed by atoms with Crippen LogP contribution in [0.5, 0.6) is 0 Å². The summed E-state index contributed by atoms with van der Waals surface area (Å²) in [6.07, 6.45) is 1.75. The maximum atomic E-state index is 12.7. The average molecular weight is 185 g/mol. The first-order chi connectivity index (χ1) is 6.12. The van der Waals surface area contributed by atoms with Crippen LogP contribution in [-0.4, -0.2) is 23.9 Å². The van der Waals surface area contributed by atoms with E-state index in [4.69, 9.17) is 0 Å². The summed E-state index contributed by atoms with van der Waals surface area (Å²) in [5.74, 6) is -0.598. The Labute approximate surface area is 76.0 Å². The number of piperidine rings is 1. The van der Waals surface area contributed by atoms with Crippen molar-refractivity contribution in [1.29, 1.82) is 0 Å². The molecule has 72 valence electrons. The molecule has 1 amide bonds. The van der Waals surface area contributed by atoms with Gasteiger partial charge in [-0.1, -0.05) is 6.08 Å². The monoisotopic (exact) mass is 185 g/mol. The minimum atomic E-state index is -1.02. The van der Waals surface area contributed by atoms with Gasteiger partial charge in [0.15, 0.2) is 0 Å². The zero-order chi connectivity index (χ0) is 9.90. The quantitative estimate of drug-likeness (QED) is 0.521. The minimum absolute atomic E-state index is 0.0707. The second-order valence-corrected chi connectivity index (χ2v) is 3.35. The van der Waals surface area contributed by atoms with E-state index < -0.39 is 18.1 Å². The van der Waals surface area contributed by atoms with Crippen LogP contribution in [0.15, 0.2) is 12.7 Å². The first kappa shape index (κ1) is 9.89. The lowest BCUT2D eigenvalue weighted by Gasteiger charge is -2.33. The van der Waals surface area contributed by atoms with Gasteiger partial charge < -0.3 is 5.32 Å². The normalized spacial score (nSPS) is 28.4. The van der Waals surface area contributed by atoms with E-state index in [1.54, 1.807) is 0 Å². The van der Waals surface area contributed by atoms with Crippen molar-refractivity contribution in [1.82, 2.24) is 5.32 Å². The summed E-state index contributed by atoms with van der Waals surface area (Å²) >= 11 is 0. The first-order valence-electron chi connectivity index (χ1n) is 4.11. The Balaban J connectivity index is 2.78. The average Bonchev–Trinajstić information content (AvgIpc) is 2.03. The molecule has 0 unspecified atom stereocenters. The van der Waals surface area contributed by atoms with Crippen LogP contribution in [0, 0.1) is 0 Å². The maximum absolute atomic E-state index is 12.7. The van der Waals surface area contributed by atoms with Gasteiger partial charge in [0.05, 0.1) is 12.0 Å². The molecule has 0 aromatic rings. The van der Waals surface area contributed by atoms with E-state index in [-0.39, 0.29) is 18.6 Å². The molecule has 13 heavy (non-hydrogen) atoms. The smallest absolute Gasteiger partial charge is 0.227 e. The fourth-order valence-corrected chi connectivity index (χ4v) is 1.54. The fourth-order valence-electron chi connectivity index (χ4n) is 1.54. The van der Waals surface area contributed by atoms with E-state index in [2.05, 4.69) is 11.9 Å². The molecular formula is C9H12FNO2. The Bertz CT molecular complexity index is 234. The van der Waals surface area contributed by atoms with Crippen LogP contribution in [0.3, 0.4) is 0 Å². The first-order valence-corrected chi connectivity index (χ1v) is 4.11. The van der Waals surface area contributed by atoms with Gasteiger partial charge in [0, 0.05) is 6.42 Å². The highest BCUT2D eigenvalue weighted by atomic mass is 19.1. The molecule has 1 aliphatic rings. The van der Waals surface area contributed by atoms with E-state index >= 15 is 0 Å². The molecule has 0 spiro atoms. The highest BCUT2D eigenvalue weighted by Gasteiger charge is 2.37. The van der Waals surface area contributed by atoms with Gasteiger partial charge in [-0.15, -0.1) is 6.58 Å². The van der Waals surface area contributed by atoms with Gasteiger partial charge in [-0.2, -0.15) is 0 Å². The number of rotatable bonds is 3. The zero-order valence-electron chi connectivity index (χ0n) is 7.31. The molecule has 0 radical (unpaired) electrons. The topological polar surface area (TPSA) is 46.2 Å². The van der Waals surface area contributed by atoms with Crippen molar-refractivity contribution in [3.63, 3.8) is 0 Å². The molecule has 0 aliphatic carbocycles. The number of halogens is 1. The molecule has 1 aliphatic heterocycles. The van der Waals surface area contributed by atoms with Crippen LogP contribution < -0.4 is 5.32 Å². The predicted molar refractivity (Wildman–Crippen MR) is 45.9 cm³/mol. The Morgan fingerprint density at radius 2 is 2.31 bits per heavy atom. The van der Waals surface area contributed by atoms with E-state index in [1.165, 1.54) is 6.08 Å². The molecule has 4 heteroatoms. The van der Waals surface area contributed by atoms with Crippen molar-refractivity contribution >= 4 is 11.7 Å². The van der Waals surface area contributed by atoms with Crippen LogP contribution in [0.4, 0.5) is 4.39 Å². The number of alkyl halides is 1. The predicted octanol–water partition coefficient (Wildman–Crippen LogP) is 0.750. The minimum Gasteiger partial charge on any atom is -0.347 e. The van der Waals surface area contributed by atoms with Crippen LogP contribution in [-0.2, 0) is 9.59 Å². The molecule has 0 saturated carbocycles. The SMILES string of the molecule is C=CC[C@]1(CF)CC(=O)CC(=O)N1. The van der Waals surface area contributed by atoms with E-state index in [0.29, 0.717) is 6.42 Å². The van der Waals surface area contributed by atoms with Gasteiger partial charge in [0.1, 0.15) is 12.5 Å².